The third-order valence-corrected chi connectivity index (χ3v) is 7.38. The van der Waals surface area contributed by atoms with Crippen molar-refractivity contribution in [3.8, 4) is 0 Å². The van der Waals surface area contributed by atoms with Gasteiger partial charge < -0.3 is 5.32 Å². The van der Waals surface area contributed by atoms with Crippen LogP contribution in [0.25, 0.3) is 11.5 Å². The molecule has 188 valence electrons. The number of halogens is 2. The fourth-order valence-corrected chi connectivity index (χ4v) is 5.06. The third kappa shape index (κ3) is 5.07. The summed E-state index contributed by atoms with van der Waals surface area (Å²) in [6.07, 6.45) is 6.67. The van der Waals surface area contributed by atoms with E-state index in [4.69, 9.17) is 15.1 Å². The maximum absolute atomic E-state index is 14.0. The summed E-state index contributed by atoms with van der Waals surface area (Å²) >= 11 is 0. The number of aromatic nitrogens is 6. The molecule has 0 amide bonds. The fraction of sp³-hybridized carbons (Fsp3) is 0.600. The van der Waals surface area contributed by atoms with Crippen molar-refractivity contribution < 1.29 is 8.78 Å². The topological polar surface area (TPSA) is 76.2 Å². The first kappa shape index (κ1) is 23.8. The Morgan fingerprint density at radius 2 is 2.00 bits per heavy atom. The zero-order chi connectivity index (χ0) is 24.7. The van der Waals surface area contributed by atoms with Gasteiger partial charge in [-0.25, -0.2) is 23.3 Å². The van der Waals surface area contributed by atoms with Crippen molar-refractivity contribution in [2.75, 3.05) is 7.05 Å². The number of nitrogens with zero attached hydrogens (tertiary/aromatic N) is 7. The highest BCUT2D eigenvalue weighted by molar-refractivity contribution is 5.59. The van der Waals surface area contributed by atoms with Gasteiger partial charge in [0.1, 0.15) is 0 Å². The molecule has 3 aromatic heterocycles. The summed E-state index contributed by atoms with van der Waals surface area (Å²) in [6, 6.07) is 2.26. The van der Waals surface area contributed by atoms with Crippen LogP contribution in [-0.2, 0) is 13.1 Å². The summed E-state index contributed by atoms with van der Waals surface area (Å²) in [4.78, 5) is 12.0. The minimum absolute atomic E-state index is 0.00384. The molecule has 0 saturated heterocycles. The van der Waals surface area contributed by atoms with E-state index in [0.29, 0.717) is 36.9 Å². The van der Waals surface area contributed by atoms with Gasteiger partial charge in [0, 0.05) is 38.2 Å². The van der Waals surface area contributed by atoms with Crippen LogP contribution in [0, 0.1) is 12.8 Å². The maximum Gasteiger partial charge on any atom is 0.251 e. The average Bonchev–Trinajstić information content (AvgIpc) is 3.43. The number of nitrogens with one attached hydrogen (secondary N) is 1. The molecule has 2 aliphatic carbocycles. The van der Waals surface area contributed by atoms with Crippen LogP contribution in [0.4, 0.5) is 8.78 Å². The number of rotatable bonds is 9. The van der Waals surface area contributed by atoms with Crippen molar-refractivity contribution >= 4 is 11.5 Å². The highest BCUT2D eigenvalue weighted by Crippen LogP contribution is 2.42. The smallest absolute Gasteiger partial charge is 0.251 e. The van der Waals surface area contributed by atoms with Gasteiger partial charge in [-0.15, -0.1) is 0 Å². The summed E-state index contributed by atoms with van der Waals surface area (Å²) in [5.41, 5.74) is 4.11. The Hall–Kier alpha value is -2.88. The second-order valence-corrected chi connectivity index (χ2v) is 10.0. The normalized spacial score (nSPS) is 19.4. The van der Waals surface area contributed by atoms with Crippen LogP contribution in [0.3, 0.4) is 0 Å². The lowest BCUT2D eigenvalue weighted by atomic mass is 9.81. The van der Waals surface area contributed by atoms with Crippen molar-refractivity contribution in [3.63, 3.8) is 0 Å². The van der Waals surface area contributed by atoms with Crippen molar-refractivity contribution in [2.45, 2.75) is 83.5 Å². The standard InChI is InChI=1S/C25H34F2N8/c1-5-34-22(10-13-28-34)17(3)29-23(18-8-11-25(26,27)12-9-18)21-15-35-24(31-21)30-20(16(2)32-35)14-33(4)19-6-7-19/h10,13,15,18-19,23,29H,3,5-9,11-12,14H2,1-2,4H3. The Morgan fingerprint density at radius 1 is 1.26 bits per heavy atom. The average molecular weight is 485 g/mol. The predicted molar refractivity (Wildman–Crippen MR) is 130 cm³/mol. The lowest BCUT2D eigenvalue weighted by Crippen LogP contribution is -2.34. The summed E-state index contributed by atoms with van der Waals surface area (Å²) in [6.45, 7) is 9.67. The predicted octanol–water partition coefficient (Wildman–Crippen LogP) is 4.37. The second-order valence-electron chi connectivity index (χ2n) is 10.0. The van der Waals surface area contributed by atoms with E-state index in [2.05, 4.69) is 28.9 Å². The minimum atomic E-state index is -2.60. The van der Waals surface area contributed by atoms with E-state index < -0.39 is 5.92 Å². The molecule has 2 aliphatic rings. The summed E-state index contributed by atoms with van der Waals surface area (Å²) in [5.74, 6) is -2.07. The van der Waals surface area contributed by atoms with Crippen molar-refractivity contribution in [1.82, 2.24) is 39.6 Å². The lowest BCUT2D eigenvalue weighted by molar-refractivity contribution is -0.0493. The lowest BCUT2D eigenvalue weighted by Gasteiger charge is -2.34. The van der Waals surface area contributed by atoms with Crippen molar-refractivity contribution in [2.24, 2.45) is 5.92 Å². The minimum Gasteiger partial charge on any atom is -0.375 e. The summed E-state index contributed by atoms with van der Waals surface area (Å²) < 4.78 is 31.5. The Bertz CT molecular complexity index is 1200. The molecule has 5 rings (SSSR count). The van der Waals surface area contributed by atoms with E-state index in [9.17, 15) is 8.78 Å². The molecule has 0 aromatic carbocycles. The fourth-order valence-electron chi connectivity index (χ4n) is 5.06. The molecule has 0 spiro atoms. The highest BCUT2D eigenvalue weighted by atomic mass is 19.3. The number of fused-ring (bicyclic) bond motifs is 1. The molecule has 3 aromatic rings. The van der Waals surface area contributed by atoms with E-state index in [-0.39, 0.29) is 24.8 Å². The molecule has 8 nitrogen and oxygen atoms in total. The maximum atomic E-state index is 14.0. The van der Waals surface area contributed by atoms with Crippen molar-refractivity contribution in [1.29, 1.82) is 0 Å². The molecule has 0 bridgehead atoms. The van der Waals surface area contributed by atoms with Gasteiger partial charge in [0.25, 0.3) is 5.78 Å². The van der Waals surface area contributed by atoms with Crippen LogP contribution in [0.1, 0.15) is 74.3 Å². The van der Waals surface area contributed by atoms with Gasteiger partial charge in [0.2, 0.25) is 5.92 Å². The molecule has 2 fully saturated rings. The van der Waals surface area contributed by atoms with E-state index in [1.807, 2.05) is 30.8 Å². The number of alkyl halides is 2. The van der Waals surface area contributed by atoms with Crippen LogP contribution in [0.2, 0.25) is 0 Å². The Labute approximate surface area is 204 Å². The first-order chi connectivity index (χ1) is 16.7. The number of hydrogen-bond acceptors (Lipinski definition) is 6. The van der Waals surface area contributed by atoms with E-state index >= 15 is 0 Å². The van der Waals surface area contributed by atoms with E-state index in [1.54, 1.807) is 10.7 Å². The van der Waals surface area contributed by atoms with E-state index in [1.165, 1.54) is 12.8 Å². The highest BCUT2D eigenvalue weighted by Gasteiger charge is 2.39. The number of imidazole rings is 1. The molecule has 0 radical (unpaired) electrons. The first-order valence-electron chi connectivity index (χ1n) is 12.5. The first-order valence-corrected chi connectivity index (χ1v) is 12.5. The molecule has 3 heterocycles. The zero-order valence-corrected chi connectivity index (χ0v) is 20.7. The Morgan fingerprint density at radius 3 is 2.69 bits per heavy atom. The van der Waals surface area contributed by atoms with Crippen LogP contribution >= 0.6 is 0 Å². The van der Waals surface area contributed by atoms with Gasteiger partial charge in [0.15, 0.2) is 0 Å². The van der Waals surface area contributed by atoms with Crippen LogP contribution in [-0.4, -0.2) is 53.3 Å². The molecule has 0 aliphatic heterocycles. The SMILES string of the molecule is C=C(NC(c1cn2nc(C)c(CN(C)C3CC3)nc2n1)C1CCC(F)(F)CC1)c1ccnn1CC. The quantitative estimate of drug-likeness (QED) is 0.486. The van der Waals surface area contributed by atoms with Gasteiger partial charge in [-0.2, -0.15) is 10.2 Å². The summed E-state index contributed by atoms with van der Waals surface area (Å²) in [5, 5.41) is 12.6. The van der Waals surface area contributed by atoms with Crippen LogP contribution in [0.5, 0.6) is 0 Å². The molecule has 10 heteroatoms. The van der Waals surface area contributed by atoms with Crippen LogP contribution in [0.15, 0.2) is 25.0 Å². The van der Waals surface area contributed by atoms with E-state index in [0.717, 1.165) is 29.3 Å². The molecule has 35 heavy (non-hydrogen) atoms. The third-order valence-electron chi connectivity index (χ3n) is 7.38. The zero-order valence-electron chi connectivity index (χ0n) is 20.7. The number of hydrogen-bond donors (Lipinski definition) is 1. The Kier molecular flexibility index (Phi) is 6.33. The van der Waals surface area contributed by atoms with Crippen molar-refractivity contribution in [3.05, 3.63) is 47.8 Å². The van der Waals surface area contributed by atoms with Gasteiger partial charge >= 0.3 is 0 Å². The molecule has 1 unspecified atom stereocenters. The molecular weight excluding hydrogens is 450 g/mol. The summed E-state index contributed by atoms with van der Waals surface area (Å²) in [7, 11) is 2.12. The second kappa shape index (κ2) is 9.29. The van der Waals surface area contributed by atoms with Gasteiger partial charge in [-0.05, 0) is 58.6 Å². The Balaban J connectivity index is 1.45. The monoisotopic (exact) mass is 484 g/mol. The van der Waals surface area contributed by atoms with Crippen LogP contribution < -0.4 is 5.32 Å². The van der Waals surface area contributed by atoms with Gasteiger partial charge in [0.05, 0.1) is 40.7 Å². The largest absolute Gasteiger partial charge is 0.375 e. The molecule has 2 saturated carbocycles. The number of aryl methyl sites for hydroxylation is 2. The van der Waals surface area contributed by atoms with Gasteiger partial charge in [-0.3, -0.25) is 9.58 Å². The van der Waals surface area contributed by atoms with Gasteiger partial charge in [-0.1, -0.05) is 6.58 Å². The molecule has 1 atom stereocenters. The molecular formula is C25H34F2N8. The molecule has 1 N–H and O–H groups in total.